The van der Waals surface area contributed by atoms with Gasteiger partial charge in [0.2, 0.25) is 0 Å². The number of hydrogen-bond donors (Lipinski definition) is 1. The third kappa shape index (κ3) is 5.56. The first-order chi connectivity index (χ1) is 12.3. The fourth-order valence-electron chi connectivity index (χ4n) is 3.22. The van der Waals surface area contributed by atoms with Crippen LogP contribution in [-0.2, 0) is 11.2 Å². The third-order valence-electron chi connectivity index (χ3n) is 4.72. The van der Waals surface area contributed by atoms with Crippen LogP contribution < -0.4 is 10.1 Å². The Hall–Kier alpha value is -1.88. The van der Waals surface area contributed by atoms with Gasteiger partial charge in [0.1, 0.15) is 5.75 Å². The third-order valence-corrected chi connectivity index (χ3v) is 4.72. The molecule has 0 aromatic heterocycles. The second-order valence-electron chi connectivity index (χ2n) is 6.42. The maximum atomic E-state index is 5.42. The average Bonchev–Trinajstić information content (AvgIpc) is 2.69. The lowest BCUT2D eigenvalue weighted by Crippen LogP contribution is -2.41. The molecule has 0 amide bonds. The minimum atomic E-state index is 0.300. The van der Waals surface area contributed by atoms with Crippen molar-refractivity contribution in [1.29, 1.82) is 0 Å². The summed E-state index contributed by atoms with van der Waals surface area (Å²) >= 11 is 0. The Bertz CT molecular complexity index is 610. The van der Waals surface area contributed by atoms with Crippen LogP contribution in [0.25, 0.3) is 0 Å². The second-order valence-corrected chi connectivity index (χ2v) is 6.42. The van der Waals surface area contributed by atoms with Crippen molar-refractivity contribution < 1.29 is 9.47 Å². The number of ether oxygens (including phenoxy) is 2. The molecule has 2 aromatic carbocycles. The fraction of sp³-hybridized carbons (Fsp3) is 0.429. The van der Waals surface area contributed by atoms with Crippen LogP contribution >= 0.6 is 0 Å². The van der Waals surface area contributed by atoms with Crippen molar-refractivity contribution in [3.63, 3.8) is 0 Å². The van der Waals surface area contributed by atoms with Crippen LogP contribution in [-0.4, -0.2) is 51.4 Å². The summed E-state index contributed by atoms with van der Waals surface area (Å²) in [6, 6.07) is 19.4. The van der Waals surface area contributed by atoms with Gasteiger partial charge < -0.3 is 14.8 Å². The summed E-state index contributed by atoms with van der Waals surface area (Å²) in [5, 5.41) is 3.75. The van der Waals surface area contributed by atoms with E-state index in [9.17, 15) is 0 Å². The normalized spacial score (nSPS) is 16.5. The standard InChI is InChI=1S/C21H28N2O2/c1-24-20-9-7-19(8-10-20)21(17-18-5-3-2-4-6-18)22-11-12-23-13-15-25-16-14-23/h2-10,21-22H,11-17H2,1H3/t21-/m1/s1. The van der Waals surface area contributed by atoms with Crippen LogP contribution in [0.5, 0.6) is 5.75 Å². The van der Waals surface area contributed by atoms with Crippen LogP contribution in [0.15, 0.2) is 54.6 Å². The number of hydrogen-bond acceptors (Lipinski definition) is 4. The summed E-state index contributed by atoms with van der Waals surface area (Å²) < 4.78 is 10.7. The molecule has 1 fully saturated rings. The van der Waals surface area contributed by atoms with Gasteiger partial charge in [-0.25, -0.2) is 0 Å². The van der Waals surface area contributed by atoms with Crippen molar-refractivity contribution in [1.82, 2.24) is 10.2 Å². The van der Waals surface area contributed by atoms with E-state index in [2.05, 4.69) is 52.7 Å². The minimum Gasteiger partial charge on any atom is -0.497 e. The van der Waals surface area contributed by atoms with E-state index >= 15 is 0 Å². The Morgan fingerprint density at radius 2 is 1.76 bits per heavy atom. The maximum Gasteiger partial charge on any atom is 0.118 e. The van der Waals surface area contributed by atoms with Crippen LogP contribution in [0.2, 0.25) is 0 Å². The Balaban J connectivity index is 1.62. The maximum absolute atomic E-state index is 5.42. The average molecular weight is 340 g/mol. The first-order valence-electron chi connectivity index (χ1n) is 9.06. The number of benzene rings is 2. The van der Waals surface area contributed by atoms with Crippen LogP contribution in [0.3, 0.4) is 0 Å². The Labute approximate surface area is 150 Å². The van der Waals surface area contributed by atoms with E-state index in [1.165, 1.54) is 11.1 Å². The zero-order valence-corrected chi connectivity index (χ0v) is 15.0. The zero-order valence-electron chi connectivity index (χ0n) is 15.0. The summed E-state index contributed by atoms with van der Waals surface area (Å²) in [4.78, 5) is 2.46. The molecule has 0 saturated carbocycles. The first kappa shape index (κ1) is 17.9. The quantitative estimate of drug-likeness (QED) is 0.801. The Morgan fingerprint density at radius 1 is 1.04 bits per heavy atom. The molecule has 0 radical (unpaired) electrons. The van der Waals surface area contributed by atoms with Gasteiger partial charge in [-0.1, -0.05) is 42.5 Å². The minimum absolute atomic E-state index is 0.300. The van der Waals surface area contributed by atoms with Gasteiger partial charge in [0.15, 0.2) is 0 Å². The van der Waals surface area contributed by atoms with Crippen molar-refractivity contribution in [2.45, 2.75) is 12.5 Å². The second kappa shape index (κ2) is 9.56. The first-order valence-corrected chi connectivity index (χ1v) is 9.06. The zero-order chi connectivity index (χ0) is 17.3. The highest BCUT2D eigenvalue weighted by Gasteiger charge is 2.14. The van der Waals surface area contributed by atoms with E-state index in [0.717, 1.165) is 51.6 Å². The number of rotatable bonds is 8. The van der Waals surface area contributed by atoms with Crippen molar-refractivity contribution in [3.8, 4) is 5.75 Å². The van der Waals surface area contributed by atoms with Gasteiger partial charge in [-0.2, -0.15) is 0 Å². The summed E-state index contributed by atoms with van der Waals surface area (Å²) in [6.45, 7) is 5.81. The molecule has 1 heterocycles. The van der Waals surface area contributed by atoms with Crippen molar-refractivity contribution >= 4 is 0 Å². The van der Waals surface area contributed by atoms with Gasteiger partial charge >= 0.3 is 0 Å². The molecule has 1 saturated heterocycles. The Kier molecular flexibility index (Phi) is 6.86. The topological polar surface area (TPSA) is 33.7 Å². The van der Waals surface area contributed by atoms with Gasteiger partial charge in [-0.15, -0.1) is 0 Å². The molecule has 1 aliphatic rings. The lowest BCUT2D eigenvalue weighted by atomic mass is 9.98. The van der Waals surface area contributed by atoms with Crippen molar-refractivity contribution in [2.24, 2.45) is 0 Å². The number of nitrogens with one attached hydrogen (secondary N) is 1. The molecule has 2 aromatic rings. The SMILES string of the molecule is COc1ccc([C@@H](Cc2ccccc2)NCCN2CCOCC2)cc1. The molecule has 0 unspecified atom stereocenters. The molecule has 134 valence electrons. The van der Waals surface area contributed by atoms with Crippen molar-refractivity contribution in [3.05, 3.63) is 65.7 Å². The molecule has 1 aliphatic heterocycles. The molecule has 0 bridgehead atoms. The fourth-order valence-corrected chi connectivity index (χ4v) is 3.22. The number of morpholine rings is 1. The number of nitrogens with zero attached hydrogens (tertiary/aromatic N) is 1. The van der Waals surface area contributed by atoms with Crippen molar-refractivity contribution in [2.75, 3.05) is 46.5 Å². The van der Waals surface area contributed by atoms with E-state index in [4.69, 9.17) is 9.47 Å². The summed E-state index contributed by atoms with van der Waals surface area (Å²) in [6.07, 6.45) is 0.982. The highest BCUT2D eigenvalue weighted by molar-refractivity contribution is 5.30. The summed E-state index contributed by atoms with van der Waals surface area (Å²) in [5.74, 6) is 0.899. The Morgan fingerprint density at radius 3 is 2.44 bits per heavy atom. The van der Waals surface area contributed by atoms with Crippen LogP contribution in [0.1, 0.15) is 17.2 Å². The van der Waals surface area contributed by atoms with E-state index in [-0.39, 0.29) is 0 Å². The van der Waals surface area contributed by atoms with Crippen LogP contribution in [0, 0.1) is 0 Å². The van der Waals surface area contributed by atoms with Gasteiger partial charge in [0.05, 0.1) is 20.3 Å². The van der Waals surface area contributed by atoms with E-state index in [1.807, 2.05) is 12.1 Å². The molecule has 4 nitrogen and oxygen atoms in total. The molecule has 25 heavy (non-hydrogen) atoms. The highest BCUT2D eigenvalue weighted by atomic mass is 16.5. The molecule has 3 rings (SSSR count). The molecule has 1 atom stereocenters. The van der Waals surface area contributed by atoms with E-state index in [1.54, 1.807) is 7.11 Å². The summed E-state index contributed by atoms with van der Waals surface area (Å²) in [5.41, 5.74) is 2.65. The van der Waals surface area contributed by atoms with Gasteiger partial charge in [0.25, 0.3) is 0 Å². The van der Waals surface area contributed by atoms with Gasteiger partial charge in [-0.3, -0.25) is 4.90 Å². The molecule has 0 spiro atoms. The highest BCUT2D eigenvalue weighted by Crippen LogP contribution is 2.21. The van der Waals surface area contributed by atoms with Gasteiger partial charge in [0, 0.05) is 32.2 Å². The van der Waals surface area contributed by atoms with Crippen LogP contribution in [0.4, 0.5) is 0 Å². The lowest BCUT2D eigenvalue weighted by molar-refractivity contribution is 0.0381. The molecule has 0 aliphatic carbocycles. The molecular formula is C21H28N2O2. The van der Waals surface area contributed by atoms with E-state index < -0.39 is 0 Å². The predicted molar refractivity (Wildman–Crippen MR) is 101 cm³/mol. The predicted octanol–water partition coefficient (Wildman–Crippen LogP) is 2.90. The lowest BCUT2D eigenvalue weighted by Gasteiger charge is -2.28. The van der Waals surface area contributed by atoms with E-state index in [0.29, 0.717) is 6.04 Å². The monoisotopic (exact) mass is 340 g/mol. The molecule has 1 N–H and O–H groups in total. The van der Waals surface area contributed by atoms with Gasteiger partial charge in [-0.05, 0) is 29.7 Å². The number of methoxy groups -OCH3 is 1. The molecule has 4 heteroatoms. The summed E-state index contributed by atoms with van der Waals surface area (Å²) in [7, 11) is 1.71. The smallest absolute Gasteiger partial charge is 0.118 e. The molecular weight excluding hydrogens is 312 g/mol. The largest absolute Gasteiger partial charge is 0.497 e.